The van der Waals surface area contributed by atoms with Gasteiger partial charge in [-0.1, -0.05) is 56.3 Å². The molecule has 0 aliphatic carbocycles. The summed E-state index contributed by atoms with van der Waals surface area (Å²) in [6.07, 6.45) is 2.96. The molecule has 7 nitrogen and oxygen atoms in total. The zero-order valence-electron chi connectivity index (χ0n) is 23.3. The molecule has 0 saturated carbocycles. The maximum absolute atomic E-state index is 13.6. The van der Waals surface area contributed by atoms with E-state index in [1.165, 1.54) is 0 Å². The van der Waals surface area contributed by atoms with E-state index in [-0.39, 0.29) is 23.9 Å². The number of carbonyl (C=O) groups excluding carboxylic acids is 2. The number of rotatable bonds is 12. The normalized spacial score (nSPS) is 18.0. The Morgan fingerprint density at radius 3 is 2.33 bits per heavy atom. The summed E-state index contributed by atoms with van der Waals surface area (Å²) in [5.74, 6) is 2.90. The molecule has 4 rings (SSSR count). The lowest BCUT2D eigenvalue weighted by molar-refractivity contribution is -0.136. The fourth-order valence-electron chi connectivity index (χ4n) is 5.05. The molecule has 2 aromatic carbocycles. The van der Waals surface area contributed by atoms with Crippen LogP contribution in [0, 0.1) is 5.92 Å². The second-order valence-electron chi connectivity index (χ2n) is 10.9. The highest BCUT2D eigenvalue weighted by molar-refractivity contribution is 7.99. The van der Waals surface area contributed by atoms with Crippen LogP contribution in [0.4, 0.5) is 0 Å². The number of benzene rings is 2. The molecule has 2 N–H and O–H groups in total. The van der Waals surface area contributed by atoms with E-state index < -0.39 is 6.04 Å². The van der Waals surface area contributed by atoms with Gasteiger partial charge >= 0.3 is 0 Å². The molecule has 8 heteroatoms. The molecule has 2 amide bonds. The van der Waals surface area contributed by atoms with Crippen LogP contribution >= 0.6 is 11.8 Å². The first kappa shape index (κ1) is 29.4. The monoisotopic (exact) mass is 553 g/mol. The van der Waals surface area contributed by atoms with E-state index in [2.05, 4.69) is 24.5 Å². The van der Waals surface area contributed by atoms with Crippen LogP contribution in [-0.4, -0.2) is 72.6 Å². The van der Waals surface area contributed by atoms with Crippen molar-refractivity contribution in [2.75, 3.05) is 37.8 Å². The Balaban J connectivity index is 1.43. The summed E-state index contributed by atoms with van der Waals surface area (Å²) in [5.41, 5.74) is 2.10. The molecule has 2 atom stereocenters. The zero-order chi connectivity index (χ0) is 27.5. The number of ether oxygens (including phenoxy) is 2. The summed E-state index contributed by atoms with van der Waals surface area (Å²) in [6.45, 7) is 7.62. The van der Waals surface area contributed by atoms with Gasteiger partial charge in [-0.3, -0.25) is 9.59 Å². The molecule has 2 saturated heterocycles. The van der Waals surface area contributed by atoms with Crippen molar-refractivity contribution in [3.8, 4) is 5.75 Å². The van der Waals surface area contributed by atoms with Crippen molar-refractivity contribution in [2.24, 2.45) is 5.92 Å². The lowest BCUT2D eigenvalue weighted by Gasteiger charge is -2.33. The van der Waals surface area contributed by atoms with Crippen LogP contribution in [0.3, 0.4) is 0 Å². The summed E-state index contributed by atoms with van der Waals surface area (Å²) in [6, 6.07) is 17.2. The Morgan fingerprint density at radius 1 is 0.974 bits per heavy atom. The van der Waals surface area contributed by atoms with Gasteiger partial charge in [-0.05, 0) is 48.4 Å². The first-order valence-electron chi connectivity index (χ1n) is 14.2. The van der Waals surface area contributed by atoms with Gasteiger partial charge in [-0.15, -0.1) is 0 Å². The van der Waals surface area contributed by atoms with Gasteiger partial charge in [-0.25, -0.2) is 0 Å². The first-order chi connectivity index (χ1) is 19.0. The highest BCUT2D eigenvalue weighted by Crippen LogP contribution is 2.18. The average Bonchev–Trinajstić information content (AvgIpc) is 2.97. The van der Waals surface area contributed by atoms with Crippen molar-refractivity contribution in [1.29, 1.82) is 0 Å². The number of nitrogens with zero attached hydrogens (tertiary/aromatic N) is 1. The minimum atomic E-state index is -0.608. The molecular formula is C31H43N3O4S. The van der Waals surface area contributed by atoms with Crippen molar-refractivity contribution in [3.05, 3.63) is 65.7 Å². The molecular weight excluding hydrogens is 510 g/mol. The third kappa shape index (κ3) is 9.55. The Bertz CT molecular complexity index is 1020. The van der Waals surface area contributed by atoms with E-state index in [1.54, 1.807) is 0 Å². The summed E-state index contributed by atoms with van der Waals surface area (Å²) < 4.78 is 11.4. The molecule has 0 radical (unpaired) electrons. The molecule has 0 spiro atoms. The summed E-state index contributed by atoms with van der Waals surface area (Å²) in [4.78, 5) is 29.2. The predicted molar refractivity (Wildman–Crippen MR) is 157 cm³/mol. The van der Waals surface area contributed by atoms with E-state index in [0.29, 0.717) is 32.2 Å². The molecule has 0 bridgehead atoms. The number of amides is 2. The van der Waals surface area contributed by atoms with Crippen LogP contribution in [0.5, 0.6) is 5.75 Å². The molecule has 39 heavy (non-hydrogen) atoms. The number of carbonyl (C=O) groups is 2. The number of nitrogens with one attached hydrogen (secondary N) is 2. The van der Waals surface area contributed by atoms with Crippen molar-refractivity contribution < 1.29 is 19.1 Å². The van der Waals surface area contributed by atoms with Gasteiger partial charge in [0.25, 0.3) is 0 Å². The van der Waals surface area contributed by atoms with Gasteiger partial charge in [0, 0.05) is 50.3 Å². The Hall–Kier alpha value is -2.55. The van der Waals surface area contributed by atoms with E-state index in [1.807, 2.05) is 71.3 Å². The highest BCUT2D eigenvalue weighted by atomic mass is 32.2. The number of hydrogen-bond donors (Lipinski definition) is 2. The van der Waals surface area contributed by atoms with Gasteiger partial charge < -0.3 is 25.0 Å². The molecule has 0 unspecified atom stereocenters. The van der Waals surface area contributed by atoms with Crippen LogP contribution in [0.15, 0.2) is 54.6 Å². The van der Waals surface area contributed by atoms with Crippen LogP contribution < -0.4 is 15.4 Å². The van der Waals surface area contributed by atoms with E-state index in [0.717, 1.165) is 60.7 Å². The van der Waals surface area contributed by atoms with Crippen LogP contribution in [0.1, 0.15) is 44.2 Å². The lowest BCUT2D eigenvalue weighted by atomic mass is 9.99. The van der Waals surface area contributed by atoms with Gasteiger partial charge in [0.2, 0.25) is 11.8 Å². The summed E-state index contributed by atoms with van der Waals surface area (Å²) >= 11 is 1.87. The van der Waals surface area contributed by atoms with Crippen LogP contribution in [0.2, 0.25) is 0 Å². The minimum absolute atomic E-state index is 0.00224. The number of hydrogen-bond acceptors (Lipinski definition) is 6. The van der Waals surface area contributed by atoms with Crippen LogP contribution in [0.25, 0.3) is 0 Å². The standard InChI is InChI=1S/C31H43N3O4S/c1-23(2)20-28(32-26-12-16-37-17-13-26)30(35)33-29(31(36)34-14-18-39-19-15-34)21-24-8-10-27(11-9-24)38-22-25-6-4-3-5-7-25/h3-11,23,26,28-29,32H,12-22H2,1-2H3,(H,33,35)/t28-,29-/m0/s1. The second-order valence-corrected chi connectivity index (χ2v) is 12.1. The Labute approximate surface area is 237 Å². The van der Waals surface area contributed by atoms with Gasteiger partial charge in [0.05, 0.1) is 6.04 Å². The maximum atomic E-state index is 13.6. The molecule has 2 fully saturated rings. The molecule has 0 aromatic heterocycles. The highest BCUT2D eigenvalue weighted by Gasteiger charge is 2.31. The van der Waals surface area contributed by atoms with Crippen molar-refractivity contribution >= 4 is 23.6 Å². The van der Waals surface area contributed by atoms with Crippen molar-refractivity contribution in [1.82, 2.24) is 15.5 Å². The first-order valence-corrected chi connectivity index (χ1v) is 15.4. The molecule has 212 valence electrons. The summed E-state index contributed by atoms with van der Waals surface area (Å²) in [7, 11) is 0. The smallest absolute Gasteiger partial charge is 0.245 e. The lowest BCUT2D eigenvalue weighted by Crippen LogP contribution is -2.57. The van der Waals surface area contributed by atoms with Gasteiger partial charge in [0.1, 0.15) is 18.4 Å². The summed E-state index contributed by atoms with van der Waals surface area (Å²) in [5, 5.41) is 6.73. The fraction of sp³-hybridized carbons (Fsp3) is 0.548. The maximum Gasteiger partial charge on any atom is 0.245 e. The minimum Gasteiger partial charge on any atom is -0.489 e. The van der Waals surface area contributed by atoms with Gasteiger partial charge in [0.15, 0.2) is 0 Å². The second kappa shape index (κ2) is 15.3. The topological polar surface area (TPSA) is 79.9 Å². The van der Waals surface area contributed by atoms with Crippen molar-refractivity contribution in [3.63, 3.8) is 0 Å². The number of thioether (sulfide) groups is 1. The molecule has 2 aliphatic heterocycles. The van der Waals surface area contributed by atoms with E-state index in [4.69, 9.17) is 9.47 Å². The SMILES string of the molecule is CC(C)C[C@H](NC1CCOCC1)C(=O)N[C@@H](Cc1ccc(OCc2ccccc2)cc1)C(=O)N1CCSCC1. The van der Waals surface area contributed by atoms with Gasteiger partial charge in [-0.2, -0.15) is 11.8 Å². The average molecular weight is 554 g/mol. The third-order valence-electron chi connectivity index (χ3n) is 7.23. The third-order valence-corrected chi connectivity index (χ3v) is 8.17. The molecule has 2 heterocycles. The molecule has 2 aromatic rings. The van der Waals surface area contributed by atoms with Crippen molar-refractivity contribution in [2.45, 2.75) is 64.3 Å². The quantitative estimate of drug-likeness (QED) is 0.413. The fourth-order valence-corrected chi connectivity index (χ4v) is 5.95. The zero-order valence-corrected chi connectivity index (χ0v) is 24.1. The Morgan fingerprint density at radius 2 is 1.67 bits per heavy atom. The predicted octanol–water partition coefficient (Wildman–Crippen LogP) is 4.05. The van der Waals surface area contributed by atoms with E-state index in [9.17, 15) is 9.59 Å². The van der Waals surface area contributed by atoms with Crippen LogP contribution in [-0.2, 0) is 27.4 Å². The molecule has 2 aliphatic rings. The Kier molecular flexibility index (Phi) is 11.5. The van der Waals surface area contributed by atoms with E-state index >= 15 is 0 Å². The largest absolute Gasteiger partial charge is 0.489 e.